The summed E-state index contributed by atoms with van der Waals surface area (Å²) in [4.78, 5) is 23.9. The summed E-state index contributed by atoms with van der Waals surface area (Å²) in [6.07, 6.45) is 1.62. The molecule has 0 aromatic heterocycles. The Morgan fingerprint density at radius 2 is 1.61 bits per heavy atom. The van der Waals surface area contributed by atoms with Gasteiger partial charge in [0.25, 0.3) is 10.0 Å². The van der Waals surface area contributed by atoms with E-state index in [4.69, 9.17) is 0 Å². The van der Waals surface area contributed by atoms with Gasteiger partial charge in [0, 0.05) is 19.4 Å². The molecule has 0 spiro atoms. The fourth-order valence-electron chi connectivity index (χ4n) is 2.63. The summed E-state index contributed by atoms with van der Waals surface area (Å²) in [5, 5.41) is 4.46. The van der Waals surface area contributed by atoms with E-state index in [1.54, 1.807) is 12.1 Å². The van der Waals surface area contributed by atoms with Crippen LogP contribution in [0.25, 0.3) is 10.8 Å². The van der Waals surface area contributed by atoms with Crippen LogP contribution in [0.1, 0.15) is 46.5 Å². The molecule has 0 bridgehead atoms. The largest absolute Gasteiger partial charge is 0.356 e. The summed E-state index contributed by atoms with van der Waals surface area (Å²) in [6, 6.07) is 12.0. The number of benzene rings is 2. The van der Waals surface area contributed by atoms with Gasteiger partial charge in [-0.25, -0.2) is 13.1 Å². The second-order valence-electron chi connectivity index (χ2n) is 7.66. The average Bonchev–Trinajstić information content (AvgIpc) is 2.65. The van der Waals surface area contributed by atoms with Gasteiger partial charge in [0.1, 0.15) is 0 Å². The van der Waals surface area contributed by atoms with Crippen molar-refractivity contribution in [2.24, 2.45) is 5.41 Å². The van der Waals surface area contributed by atoms with Crippen molar-refractivity contribution in [3.05, 3.63) is 42.5 Å². The van der Waals surface area contributed by atoms with E-state index in [1.807, 2.05) is 22.9 Å². The van der Waals surface area contributed by atoms with Crippen molar-refractivity contribution in [2.75, 3.05) is 6.54 Å². The van der Waals surface area contributed by atoms with E-state index in [0.717, 1.165) is 23.6 Å². The molecule has 0 aliphatic carbocycles. The first-order valence-electron chi connectivity index (χ1n) is 9.44. The molecule has 2 N–H and O–H groups in total. The Balaban J connectivity index is 1.86. The maximum atomic E-state index is 12.4. The fourth-order valence-corrected chi connectivity index (χ4v) is 3.68. The summed E-state index contributed by atoms with van der Waals surface area (Å²) < 4.78 is 26.9. The van der Waals surface area contributed by atoms with Crippen LogP contribution in [-0.2, 0) is 19.6 Å². The van der Waals surface area contributed by atoms with Crippen molar-refractivity contribution in [1.29, 1.82) is 0 Å². The molecular weight excluding hydrogens is 376 g/mol. The molecule has 0 saturated heterocycles. The van der Waals surface area contributed by atoms with Gasteiger partial charge in [0.2, 0.25) is 11.8 Å². The Labute approximate surface area is 166 Å². The molecule has 2 rings (SSSR count). The number of carbonyl (C=O) groups is 2. The molecule has 0 aliphatic rings. The van der Waals surface area contributed by atoms with Gasteiger partial charge in [-0.15, -0.1) is 0 Å². The zero-order chi connectivity index (χ0) is 20.8. The Morgan fingerprint density at radius 1 is 0.964 bits per heavy atom. The van der Waals surface area contributed by atoms with Crippen LogP contribution in [0.4, 0.5) is 0 Å². The zero-order valence-corrected chi connectivity index (χ0v) is 17.4. The molecule has 0 unspecified atom stereocenters. The molecule has 0 radical (unpaired) electrons. The lowest BCUT2D eigenvalue weighted by molar-refractivity contribution is -0.125. The maximum Gasteiger partial charge on any atom is 0.264 e. The molecule has 0 saturated carbocycles. The van der Waals surface area contributed by atoms with Gasteiger partial charge in [-0.3, -0.25) is 9.59 Å². The summed E-state index contributed by atoms with van der Waals surface area (Å²) >= 11 is 0. The van der Waals surface area contributed by atoms with Gasteiger partial charge < -0.3 is 5.32 Å². The number of carbonyl (C=O) groups excluding carboxylic acids is 2. The van der Waals surface area contributed by atoms with Gasteiger partial charge in [0.05, 0.1) is 4.90 Å². The minimum Gasteiger partial charge on any atom is -0.356 e. The third kappa shape index (κ3) is 6.34. The number of hydrogen-bond acceptors (Lipinski definition) is 4. The topological polar surface area (TPSA) is 92.3 Å². The molecule has 2 aromatic rings. The number of fused-ring (bicyclic) bond motifs is 1. The number of sulfonamides is 1. The number of rotatable bonds is 9. The molecule has 0 heterocycles. The fraction of sp³-hybridized carbons (Fsp3) is 0.429. The highest BCUT2D eigenvalue weighted by Crippen LogP contribution is 2.23. The predicted octanol–water partition coefficient (Wildman–Crippen LogP) is 3.37. The van der Waals surface area contributed by atoms with Crippen LogP contribution in [-0.4, -0.2) is 26.8 Å². The lowest BCUT2D eigenvalue weighted by Gasteiger charge is -2.22. The highest BCUT2D eigenvalue weighted by atomic mass is 32.2. The van der Waals surface area contributed by atoms with Crippen molar-refractivity contribution < 1.29 is 18.0 Å². The van der Waals surface area contributed by atoms with Crippen LogP contribution in [0.15, 0.2) is 47.4 Å². The second-order valence-corrected chi connectivity index (χ2v) is 9.34. The third-order valence-electron chi connectivity index (χ3n) is 4.94. The Kier molecular flexibility index (Phi) is 7.18. The minimum atomic E-state index is -3.97. The highest BCUT2D eigenvalue weighted by Gasteiger charge is 2.19. The van der Waals surface area contributed by atoms with Crippen LogP contribution in [0.2, 0.25) is 0 Å². The smallest absolute Gasteiger partial charge is 0.264 e. The van der Waals surface area contributed by atoms with Gasteiger partial charge in [-0.1, -0.05) is 57.5 Å². The maximum absolute atomic E-state index is 12.4. The molecule has 0 atom stereocenters. The van der Waals surface area contributed by atoms with Crippen molar-refractivity contribution in [1.82, 2.24) is 10.0 Å². The molecular formula is C21H28N2O4S. The van der Waals surface area contributed by atoms with E-state index >= 15 is 0 Å². The summed E-state index contributed by atoms with van der Waals surface area (Å²) in [6.45, 7) is 6.90. The SMILES string of the molecule is CCC(C)(C)CCNC(=O)CCC(=O)NS(=O)(=O)c1ccc2ccccc2c1. The quantitative estimate of drug-likeness (QED) is 0.670. The molecule has 2 amide bonds. The lowest BCUT2D eigenvalue weighted by Crippen LogP contribution is -2.33. The van der Waals surface area contributed by atoms with E-state index in [0.29, 0.717) is 6.54 Å². The van der Waals surface area contributed by atoms with Crippen LogP contribution in [0.5, 0.6) is 0 Å². The average molecular weight is 405 g/mol. The van der Waals surface area contributed by atoms with Gasteiger partial charge in [-0.05, 0) is 34.7 Å². The first-order chi connectivity index (χ1) is 13.1. The van der Waals surface area contributed by atoms with E-state index in [9.17, 15) is 18.0 Å². The van der Waals surface area contributed by atoms with E-state index < -0.39 is 15.9 Å². The molecule has 2 aromatic carbocycles. The Bertz CT molecular complexity index is 952. The minimum absolute atomic E-state index is 0.0193. The number of amides is 2. The molecule has 0 aliphatic heterocycles. The second kappa shape index (κ2) is 9.19. The normalized spacial score (nSPS) is 12.0. The molecule has 152 valence electrons. The molecule has 7 heteroatoms. The monoisotopic (exact) mass is 404 g/mol. The Morgan fingerprint density at radius 3 is 2.29 bits per heavy atom. The van der Waals surface area contributed by atoms with E-state index in [2.05, 4.69) is 26.1 Å². The predicted molar refractivity (Wildman–Crippen MR) is 110 cm³/mol. The first kappa shape index (κ1) is 21.9. The molecule has 6 nitrogen and oxygen atoms in total. The van der Waals surface area contributed by atoms with Crippen LogP contribution < -0.4 is 10.0 Å². The van der Waals surface area contributed by atoms with Gasteiger partial charge in [0.15, 0.2) is 0 Å². The van der Waals surface area contributed by atoms with Crippen LogP contribution >= 0.6 is 0 Å². The van der Waals surface area contributed by atoms with E-state index in [1.165, 1.54) is 12.1 Å². The summed E-state index contributed by atoms with van der Waals surface area (Å²) in [7, 11) is -3.97. The van der Waals surface area contributed by atoms with Crippen molar-refractivity contribution in [2.45, 2.75) is 51.3 Å². The van der Waals surface area contributed by atoms with Crippen molar-refractivity contribution in [3.63, 3.8) is 0 Å². The standard InChI is InChI=1S/C21H28N2O4S/c1-4-21(2,3)13-14-22-19(24)11-12-20(25)23-28(26,27)18-10-9-16-7-5-6-8-17(16)15-18/h5-10,15H,4,11-14H2,1-3H3,(H,22,24)(H,23,25). The zero-order valence-electron chi connectivity index (χ0n) is 16.6. The van der Waals surface area contributed by atoms with E-state index in [-0.39, 0.29) is 29.1 Å². The van der Waals surface area contributed by atoms with Crippen LogP contribution in [0.3, 0.4) is 0 Å². The Hall–Kier alpha value is -2.41. The van der Waals surface area contributed by atoms with Gasteiger partial charge in [-0.2, -0.15) is 0 Å². The molecule has 0 fully saturated rings. The van der Waals surface area contributed by atoms with Crippen LogP contribution in [0, 0.1) is 5.41 Å². The summed E-state index contributed by atoms with van der Waals surface area (Å²) in [5.74, 6) is -0.956. The van der Waals surface area contributed by atoms with Crippen molar-refractivity contribution >= 4 is 32.6 Å². The number of nitrogens with one attached hydrogen (secondary N) is 2. The van der Waals surface area contributed by atoms with Crippen molar-refractivity contribution in [3.8, 4) is 0 Å². The molecule has 28 heavy (non-hydrogen) atoms. The first-order valence-corrected chi connectivity index (χ1v) is 10.9. The lowest BCUT2D eigenvalue weighted by atomic mass is 9.86. The number of hydrogen-bond donors (Lipinski definition) is 2. The highest BCUT2D eigenvalue weighted by molar-refractivity contribution is 7.90. The van der Waals surface area contributed by atoms with Gasteiger partial charge >= 0.3 is 0 Å². The third-order valence-corrected chi connectivity index (χ3v) is 6.31. The summed E-state index contributed by atoms with van der Waals surface area (Å²) in [5.41, 5.74) is 0.151.